The summed E-state index contributed by atoms with van der Waals surface area (Å²) in [6.45, 7) is 5.90. The normalized spacial score (nSPS) is 16.5. The molecular weight excluding hydrogens is 935 g/mol. The van der Waals surface area contributed by atoms with Gasteiger partial charge in [-0.3, -0.25) is 57.5 Å². The van der Waals surface area contributed by atoms with Gasteiger partial charge in [0.2, 0.25) is 65.0 Å². The standard InChI is InChI=1S/C44H69N13O14/c1-5-22(4)36(56-41(68)28(16-23-8-10-24(58)11-9-23)52-37(64)25(46)17-35(62)63)43(70)51-26(12-13-32(47)59)39(66)53-29(18-33(48)60)40(67)55-30(19-45)44(71)57-14-6-7-31(57)42(69)54-27(15-21(2)3)38(65)50-20-34(49)61/h8-11,21-22,25-31,36,58H,5-7,12-20,45-46H2,1-4H3,(H2,47,59)(H2,48,60)(H2,49,61)(H,50,65)(H,51,70)(H,52,64)(H,53,66)(H,54,69)(H,55,67)(H,56,68)(H,62,63)/t22-,25-,26-,27-,28-,29-,30-,31-,36-/m0/s1. The van der Waals surface area contributed by atoms with Crippen LogP contribution in [0.1, 0.15) is 84.6 Å². The van der Waals surface area contributed by atoms with Crippen LogP contribution in [0.4, 0.5) is 0 Å². The fraction of sp³-hybridized carbons (Fsp3) is 0.591. The van der Waals surface area contributed by atoms with Crippen molar-refractivity contribution in [1.29, 1.82) is 0 Å². The molecule has 1 heterocycles. The van der Waals surface area contributed by atoms with Crippen LogP contribution < -0.4 is 65.9 Å². The molecule has 0 aromatic heterocycles. The second kappa shape index (κ2) is 28.9. The number of carboxylic acid groups (broad SMARTS) is 1. The van der Waals surface area contributed by atoms with Crippen LogP contribution in [-0.2, 0) is 64.0 Å². The average Bonchev–Trinajstić information content (AvgIpc) is 3.79. The largest absolute Gasteiger partial charge is 0.508 e. The first-order chi connectivity index (χ1) is 33.3. The van der Waals surface area contributed by atoms with Crippen LogP contribution in [0.25, 0.3) is 0 Å². The number of carbonyl (C=O) groups is 12. The number of likely N-dealkylation sites (tertiary alicyclic amines) is 1. The van der Waals surface area contributed by atoms with E-state index >= 15 is 0 Å². The van der Waals surface area contributed by atoms with Gasteiger partial charge in [-0.25, -0.2) is 0 Å². The molecule has 9 atom stereocenters. The molecule has 1 saturated heterocycles. The van der Waals surface area contributed by atoms with E-state index in [4.69, 9.17) is 33.8 Å². The molecule has 0 unspecified atom stereocenters. The number of nitrogens with one attached hydrogen (secondary N) is 7. The first kappa shape index (κ1) is 59.7. The molecule has 1 aromatic carbocycles. The number of nitrogens with two attached hydrogens (primary N) is 5. The predicted octanol–water partition coefficient (Wildman–Crippen LogP) is -5.57. The van der Waals surface area contributed by atoms with Crippen molar-refractivity contribution in [3.8, 4) is 5.75 Å². The number of aromatic hydroxyl groups is 1. The van der Waals surface area contributed by atoms with Gasteiger partial charge in [0.25, 0.3) is 0 Å². The fourth-order valence-electron chi connectivity index (χ4n) is 7.36. The number of primary amides is 3. The molecule has 0 aliphatic carbocycles. The zero-order chi connectivity index (χ0) is 53.7. The second-order valence-electron chi connectivity index (χ2n) is 17.7. The minimum Gasteiger partial charge on any atom is -0.508 e. The van der Waals surface area contributed by atoms with E-state index in [-0.39, 0.29) is 43.9 Å². The molecule has 1 aromatic rings. The summed E-state index contributed by atoms with van der Waals surface area (Å²) in [6, 6.07) is -6.13. The molecule has 1 aliphatic rings. The zero-order valence-corrected chi connectivity index (χ0v) is 40.2. The van der Waals surface area contributed by atoms with Crippen LogP contribution in [0, 0.1) is 11.8 Å². The number of phenols is 1. The maximum atomic E-state index is 14.1. The van der Waals surface area contributed by atoms with E-state index in [9.17, 15) is 62.6 Å². The summed E-state index contributed by atoms with van der Waals surface area (Å²) in [4.78, 5) is 157. The van der Waals surface area contributed by atoms with Crippen molar-refractivity contribution in [2.75, 3.05) is 19.6 Å². The number of amides is 11. The molecule has 0 radical (unpaired) electrons. The molecule has 27 nitrogen and oxygen atoms in total. The molecule has 0 spiro atoms. The Morgan fingerprint density at radius 3 is 1.82 bits per heavy atom. The van der Waals surface area contributed by atoms with Gasteiger partial charge in [0.1, 0.15) is 48.0 Å². The van der Waals surface area contributed by atoms with Gasteiger partial charge in [0, 0.05) is 25.9 Å². The number of aliphatic carboxylic acids is 1. The third kappa shape index (κ3) is 20.2. The fourth-order valence-corrected chi connectivity index (χ4v) is 7.36. The Morgan fingerprint density at radius 1 is 0.690 bits per heavy atom. The lowest BCUT2D eigenvalue weighted by Crippen LogP contribution is -2.62. The molecule has 0 saturated carbocycles. The quantitative estimate of drug-likeness (QED) is 0.0342. The maximum Gasteiger partial charge on any atom is 0.305 e. The number of carboxylic acids is 1. The Balaban J connectivity index is 2.36. The summed E-state index contributed by atoms with van der Waals surface area (Å²) in [7, 11) is 0. The van der Waals surface area contributed by atoms with Crippen LogP contribution in [-0.4, -0.2) is 154 Å². The van der Waals surface area contributed by atoms with Gasteiger partial charge < -0.3 is 81.0 Å². The van der Waals surface area contributed by atoms with Crippen molar-refractivity contribution in [2.24, 2.45) is 40.5 Å². The second-order valence-corrected chi connectivity index (χ2v) is 17.7. The Morgan fingerprint density at radius 2 is 1.27 bits per heavy atom. The zero-order valence-electron chi connectivity index (χ0n) is 40.2. The van der Waals surface area contributed by atoms with Crippen LogP contribution in [0.5, 0.6) is 5.75 Å². The van der Waals surface area contributed by atoms with Crippen LogP contribution >= 0.6 is 0 Å². The van der Waals surface area contributed by atoms with Gasteiger partial charge in [0.15, 0.2) is 0 Å². The van der Waals surface area contributed by atoms with E-state index in [1.807, 2.05) is 0 Å². The highest BCUT2D eigenvalue weighted by molar-refractivity contribution is 5.99. The lowest BCUT2D eigenvalue weighted by atomic mass is 9.96. The number of nitrogens with zero attached hydrogens (tertiary/aromatic N) is 1. The van der Waals surface area contributed by atoms with E-state index < -0.39 is 164 Å². The highest BCUT2D eigenvalue weighted by Gasteiger charge is 2.40. The van der Waals surface area contributed by atoms with Crippen molar-refractivity contribution in [3.05, 3.63) is 29.8 Å². The predicted molar refractivity (Wildman–Crippen MR) is 251 cm³/mol. The van der Waals surface area contributed by atoms with E-state index in [0.717, 1.165) is 4.90 Å². The SMILES string of the molecule is CC[C@H](C)[C@H](NC(=O)[C@H](Cc1ccc(O)cc1)NC(=O)[C@@H](N)CC(=O)O)C(=O)N[C@@H](CCC(N)=O)C(=O)N[C@@H](CC(N)=O)C(=O)N[C@@H](CN)C(=O)N1CCC[C@H]1C(=O)N[C@@H](CC(C)C)C(=O)NCC(N)=O. The number of benzene rings is 1. The van der Waals surface area contributed by atoms with E-state index in [1.54, 1.807) is 27.7 Å². The topological polar surface area (TPSA) is 463 Å². The molecule has 2 rings (SSSR count). The van der Waals surface area contributed by atoms with Crippen LogP contribution in [0.3, 0.4) is 0 Å². The minimum absolute atomic E-state index is 0.0431. The van der Waals surface area contributed by atoms with Crippen LogP contribution in [0.15, 0.2) is 24.3 Å². The molecule has 19 N–H and O–H groups in total. The van der Waals surface area contributed by atoms with E-state index in [0.29, 0.717) is 12.0 Å². The monoisotopic (exact) mass is 1000 g/mol. The van der Waals surface area contributed by atoms with Crippen molar-refractivity contribution < 1.29 is 67.7 Å². The van der Waals surface area contributed by atoms with E-state index in [2.05, 4.69) is 37.2 Å². The molecule has 0 bridgehead atoms. The Labute approximate surface area is 409 Å². The molecule has 1 fully saturated rings. The molecule has 394 valence electrons. The smallest absolute Gasteiger partial charge is 0.305 e. The summed E-state index contributed by atoms with van der Waals surface area (Å²) < 4.78 is 0. The summed E-state index contributed by atoms with van der Waals surface area (Å²) >= 11 is 0. The number of hydrogen-bond acceptors (Lipinski definition) is 15. The van der Waals surface area contributed by atoms with Crippen molar-refractivity contribution in [1.82, 2.24) is 42.1 Å². The molecule has 11 amide bonds. The highest BCUT2D eigenvalue weighted by atomic mass is 16.4. The molecular formula is C44H69N13O14. The van der Waals surface area contributed by atoms with Crippen LogP contribution in [0.2, 0.25) is 0 Å². The van der Waals surface area contributed by atoms with E-state index in [1.165, 1.54) is 24.3 Å². The summed E-state index contributed by atoms with van der Waals surface area (Å²) in [5, 5.41) is 35.9. The lowest BCUT2D eigenvalue weighted by Gasteiger charge is -2.31. The average molecular weight is 1000 g/mol. The molecule has 1 aliphatic heterocycles. The third-order valence-electron chi connectivity index (χ3n) is 11.4. The number of rotatable bonds is 30. The number of carbonyl (C=O) groups excluding carboxylic acids is 11. The van der Waals surface area contributed by atoms with Crippen molar-refractivity contribution >= 4 is 70.9 Å². The van der Waals surface area contributed by atoms with Gasteiger partial charge in [-0.05, 0) is 55.2 Å². The summed E-state index contributed by atoms with van der Waals surface area (Å²) in [6.07, 6.45) is -1.85. The lowest BCUT2D eigenvalue weighted by molar-refractivity contribution is -0.142. The van der Waals surface area contributed by atoms with Gasteiger partial charge in [-0.2, -0.15) is 0 Å². The van der Waals surface area contributed by atoms with Crippen molar-refractivity contribution in [3.63, 3.8) is 0 Å². The third-order valence-corrected chi connectivity index (χ3v) is 11.4. The highest BCUT2D eigenvalue weighted by Crippen LogP contribution is 2.20. The Hall–Kier alpha value is -7.42. The maximum absolute atomic E-state index is 14.1. The van der Waals surface area contributed by atoms with Gasteiger partial charge in [-0.15, -0.1) is 0 Å². The van der Waals surface area contributed by atoms with Crippen molar-refractivity contribution in [2.45, 2.75) is 134 Å². The summed E-state index contributed by atoms with van der Waals surface area (Å²) in [5.74, 6) is -12.4. The number of phenolic OH excluding ortho intramolecular Hbond substituents is 1. The summed E-state index contributed by atoms with van der Waals surface area (Å²) in [5.41, 5.74) is 28.0. The molecule has 71 heavy (non-hydrogen) atoms. The first-order valence-corrected chi connectivity index (χ1v) is 23.0. The molecule has 27 heteroatoms. The van der Waals surface area contributed by atoms with Gasteiger partial charge in [-0.1, -0.05) is 46.2 Å². The van der Waals surface area contributed by atoms with Gasteiger partial charge >= 0.3 is 5.97 Å². The first-order valence-electron chi connectivity index (χ1n) is 23.0. The Bertz CT molecular complexity index is 2110. The number of hydrogen-bond donors (Lipinski definition) is 14. The Kier molecular flexibility index (Phi) is 24.3. The van der Waals surface area contributed by atoms with Gasteiger partial charge in [0.05, 0.1) is 25.4 Å². The minimum atomic E-state index is -1.81.